The Balaban J connectivity index is 0.00000140. The first kappa shape index (κ1) is 22.9. The summed E-state index contributed by atoms with van der Waals surface area (Å²) in [6.45, 7) is 2.74. The minimum Gasteiger partial charge on any atom is -0.338 e. The summed E-state index contributed by atoms with van der Waals surface area (Å²) in [4.78, 5) is 21.2. The summed E-state index contributed by atoms with van der Waals surface area (Å²) in [6, 6.07) is 12.0. The van der Waals surface area contributed by atoms with Crippen molar-refractivity contribution in [1.29, 1.82) is 0 Å². The maximum Gasteiger partial charge on any atom is 0.264 e. The minimum absolute atomic E-state index is 0. The molecular formula is C19H24Cl2N4OS2. The first-order chi connectivity index (χ1) is 12.7. The van der Waals surface area contributed by atoms with E-state index in [0.717, 1.165) is 57.7 Å². The molecule has 2 N–H and O–H groups in total. The van der Waals surface area contributed by atoms with E-state index in [9.17, 15) is 4.79 Å². The fraction of sp³-hybridized carbons (Fsp3) is 0.368. The lowest BCUT2D eigenvalue weighted by atomic mass is 9.97. The number of fused-ring (bicyclic) bond motifs is 1. The number of thiazole rings is 1. The van der Waals surface area contributed by atoms with Crippen LogP contribution in [0, 0.1) is 5.92 Å². The van der Waals surface area contributed by atoms with Crippen molar-refractivity contribution >= 4 is 73.7 Å². The third-order valence-corrected chi connectivity index (χ3v) is 6.78. The van der Waals surface area contributed by atoms with Gasteiger partial charge in [-0.3, -0.25) is 4.79 Å². The van der Waals surface area contributed by atoms with Gasteiger partial charge in [0.25, 0.3) is 5.91 Å². The monoisotopic (exact) mass is 458 g/mol. The molecule has 0 spiro atoms. The first-order valence-electron chi connectivity index (χ1n) is 8.89. The van der Waals surface area contributed by atoms with Crippen molar-refractivity contribution in [3.8, 4) is 0 Å². The Bertz CT molecular complexity index is 860. The van der Waals surface area contributed by atoms with Gasteiger partial charge in [-0.05, 0) is 50.6 Å². The molecule has 1 fully saturated rings. The van der Waals surface area contributed by atoms with Crippen molar-refractivity contribution < 1.29 is 4.79 Å². The number of rotatable bonds is 5. The van der Waals surface area contributed by atoms with Crippen LogP contribution < -0.4 is 10.6 Å². The molecule has 0 unspecified atom stereocenters. The van der Waals surface area contributed by atoms with Gasteiger partial charge in [0.1, 0.15) is 4.83 Å². The van der Waals surface area contributed by atoms with Gasteiger partial charge in [-0.2, -0.15) is 0 Å². The number of thiophene rings is 1. The molecule has 3 aromatic rings. The molecule has 1 aromatic carbocycles. The van der Waals surface area contributed by atoms with E-state index in [1.165, 1.54) is 11.3 Å². The fourth-order valence-corrected chi connectivity index (χ4v) is 5.43. The molecule has 1 amide bonds. The molecule has 0 saturated carbocycles. The summed E-state index contributed by atoms with van der Waals surface area (Å²) in [6.07, 6.45) is 2.16. The topological polar surface area (TPSA) is 57.3 Å². The van der Waals surface area contributed by atoms with E-state index in [2.05, 4.69) is 15.6 Å². The van der Waals surface area contributed by atoms with Gasteiger partial charge < -0.3 is 15.5 Å². The minimum atomic E-state index is 0. The third-order valence-electron chi connectivity index (χ3n) is 4.72. The van der Waals surface area contributed by atoms with Crippen LogP contribution in [0.2, 0.25) is 0 Å². The predicted molar refractivity (Wildman–Crippen MR) is 124 cm³/mol. The summed E-state index contributed by atoms with van der Waals surface area (Å²) < 4.78 is 1.07. The number of benzene rings is 1. The van der Waals surface area contributed by atoms with Gasteiger partial charge in [0.05, 0.1) is 9.58 Å². The summed E-state index contributed by atoms with van der Waals surface area (Å²) in [5, 5.41) is 7.42. The largest absolute Gasteiger partial charge is 0.338 e. The van der Waals surface area contributed by atoms with Crippen LogP contribution >= 0.6 is 47.5 Å². The number of carbonyl (C=O) groups excluding carboxylic acids is 1. The molecule has 0 bridgehead atoms. The zero-order valence-electron chi connectivity index (χ0n) is 15.5. The Morgan fingerprint density at radius 1 is 1.18 bits per heavy atom. The maximum atomic E-state index is 12.8. The highest BCUT2D eigenvalue weighted by atomic mass is 35.5. The van der Waals surface area contributed by atoms with Crippen LogP contribution in [0.15, 0.2) is 36.4 Å². The number of likely N-dealkylation sites (tertiary alicyclic amines) is 1. The maximum absolute atomic E-state index is 12.8. The fourth-order valence-electron chi connectivity index (χ4n) is 3.32. The average molecular weight is 459 g/mol. The van der Waals surface area contributed by atoms with Crippen molar-refractivity contribution in [3.63, 3.8) is 0 Å². The smallest absolute Gasteiger partial charge is 0.264 e. The summed E-state index contributed by atoms with van der Waals surface area (Å²) in [5.74, 6) is 0.838. The van der Waals surface area contributed by atoms with Gasteiger partial charge in [-0.1, -0.05) is 29.5 Å². The van der Waals surface area contributed by atoms with E-state index in [4.69, 9.17) is 0 Å². The second-order valence-corrected chi connectivity index (χ2v) is 8.64. The van der Waals surface area contributed by atoms with Crippen LogP contribution in [-0.2, 0) is 0 Å². The molecule has 0 radical (unpaired) electrons. The summed E-state index contributed by atoms with van der Waals surface area (Å²) >= 11 is 3.09. The SMILES string of the molecule is CNCC1CCN(C(=O)c2cc3sc(Nc4ccccc4)nc3s2)CC1.Cl.Cl. The quantitative estimate of drug-likeness (QED) is 0.563. The number of halogens is 2. The van der Waals surface area contributed by atoms with Crippen molar-refractivity contribution in [3.05, 3.63) is 41.3 Å². The highest BCUT2D eigenvalue weighted by Gasteiger charge is 2.25. The number of anilines is 2. The standard InChI is InChI=1S/C19H22N4OS2.2ClH/c1-20-12-13-7-9-23(10-8-13)18(24)16-11-15-17(25-16)22-19(26-15)21-14-5-3-2-4-6-14;;/h2-6,11,13,20H,7-10,12H2,1H3,(H,21,22);2*1H. The lowest BCUT2D eigenvalue weighted by molar-refractivity contribution is 0.0696. The van der Waals surface area contributed by atoms with E-state index in [1.807, 2.05) is 48.3 Å². The molecule has 28 heavy (non-hydrogen) atoms. The van der Waals surface area contributed by atoms with E-state index in [0.29, 0.717) is 5.92 Å². The van der Waals surface area contributed by atoms with Crippen LogP contribution in [0.25, 0.3) is 9.53 Å². The lowest BCUT2D eigenvalue weighted by Gasteiger charge is -2.31. The van der Waals surface area contributed by atoms with Crippen molar-refractivity contribution in [1.82, 2.24) is 15.2 Å². The lowest BCUT2D eigenvalue weighted by Crippen LogP contribution is -2.40. The Labute approximate surface area is 185 Å². The van der Waals surface area contributed by atoms with Crippen molar-refractivity contribution in [2.75, 3.05) is 32.0 Å². The van der Waals surface area contributed by atoms with Crippen molar-refractivity contribution in [2.24, 2.45) is 5.92 Å². The number of para-hydroxylation sites is 1. The van der Waals surface area contributed by atoms with Gasteiger partial charge in [0.15, 0.2) is 5.13 Å². The van der Waals surface area contributed by atoms with Crippen LogP contribution in [-0.4, -0.2) is 42.5 Å². The van der Waals surface area contributed by atoms with Gasteiger partial charge >= 0.3 is 0 Å². The number of amides is 1. The van der Waals surface area contributed by atoms with E-state index in [1.54, 1.807) is 11.3 Å². The molecular weight excluding hydrogens is 435 g/mol. The number of hydrogen-bond acceptors (Lipinski definition) is 6. The first-order valence-corrected chi connectivity index (χ1v) is 10.5. The molecule has 3 heterocycles. The zero-order valence-corrected chi connectivity index (χ0v) is 18.8. The van der Waals surface area contributed by atoms with Crippen LogP contribution in [0.4, 0.5) is 10.8 Å². The molecule has 9 heteroatoms. The molecule has 5 nitrogen and oxygen atoms in total. The number of hydrogen-bond donors (Lipinski definition) is 2. The molecule has 1 aliphatic rings. The van der Waals surface area contributed by atoms with E-state index >= 15 is 0 Å². The second kappa shape index (κ2) is 10.4. The Morgan fingerprint density at radius 2 is 1.89 bits per heavy atom. The number of aromatic nitrogens is 1. The van der Waals surface area contributed by atoms with Crippen LogP contribution in [0.3, 0.4) is 0 Å². The second-order valence-electron chi connectivity index (χ2n) is 6.58. The van der Waals surface area contributed by atoms with Gasteiger partial charge in [0, 0.05) is 18.8 Å². The van der Waals surface area contributed by atoms with Crippen molar-refractivity contribution in [2.45, 2.75) is 12.8 Å². The van der Waals surface area contributed by atoms with Crippen LogP contribution in [0.5, 0.6) is 0 Å². The van der Waals surface area contributed by atoms with Gasteiger partial charge in [0.2, 0.25) is 0 Å². The highest BCUT2D eigenvalue weighted by Crippen LogP contribution is 2.35. The van der Waals surface area contributed by atoms with E-state index < -0.39 is 0 Å². The molecule has 4 rings (SSSR count). The molecule has 1 aliphatic heterocycles. The highest BCUT2D eigenvalue weighted by molar-refractivity contribution is 7.29. The molecule has 0 aliphatic carbocycles. The molecule has 1 saturated heterocycles. The van der Waals surface area contributed by atoms with E-state index in [-0.39, 0.29) is 30.7 Å². The normalized spacial score (nSPS) is 14.4. The Hall–Kier alpha value is -1.38. The number of nitrogens with zero attached hydrogens (tertiary/aromatic N) is 2. The molecule has 0 atom stereocenters. The molecule has 152 valence electrons. The number of nitrogens with one attached hydrogen (secondary N) is 2. The number of carbonyl (C=O) groups is 1. The zero-order chi connectivity index (χ0) is 17.9. The average Bonchev–Trinajstić information content (AvgIpc) is 3.21. The van der Waals surface area contributed by atoms with Crippen LogP contribution in [0.1, 0.15) is 22.5 Å². The summed E-state index contributed by atoms with van der Waals surface area (Å²) in [5.41, 5.74) is 1.02. The Kier molecular flexibility index (Phi) is 8.52. The van der Waals surface area contributed by atoms with Gasteiger partial charge in [-0.25, -0.2) is 4.98 Å². The van der Waals surface area contributed by atoms with Gasteiger partial charge in [-0.15, -0.1) is 36.2 Å². The third kappa shape index (κ3) is 5.15. The molecule has 2 aromatic heterocycles. The Morgan fingerprint density at radius 3 is 2.54 bits per heavy atom. The predicted octanol–water partition coefficient (Wildman–Crippen LogP) is 5.02. The summed E-state index contributed by atoms with van der Waals surface area (Å²) in [7, 11) is 1.99. The number of piperidine rings is 1.